The number of hydrogen-bond donors (Lipinski definition) is 1. The van der Waals surface area contributed by atoms with Crippen LogP contribution in [-0.4, -0.2) is 33.8 Å². The first kappa shape index (κ1) is 34.9. The molecule has 1 heterocycles. The van der Waals surface area contributed by atoms with Crippen molar-refractivity contribution in [3.8, 4) is 34.0 Å². The van der Waals surface area contributed by atoms with Crippen molar-refractivity contribution in [3.05, 3.63) is 102 Å². The van der Waals surface area contributed by atoms with Gasteiger partial charge >= 0.3 is 5.97 Å². The van der Waals surface area contributed by atoms with Crippen LogP contribution in [0.4, 0.5) is 0 Å². The molecule has 0 amide bonds. The number of rotatable bonds is 12. The third-order valence-electron chi connectivity index (χ3n) is 11.8. The topological polar surface area (TPSA) is 73.6 Å². The molecule has 5 aromatic rings. The molecule has 4 aromatic carbocycles. The fourth-order valence-corrected chi connectivity index (χ4v) is 9.32. The van der Waals surface area contributed by atoms with E-state index in [1.807, 2.05) is 19.1 Å². The number of benzene rings is 4. The minimum absolute atomic E-state index is 0.0564. The van der Waals surface area contributed by atoms with Crippen molar-refractivity contribution in [2.45, 2.75) is 97.4 Å². The van der Waals surface area contributed by atoms with Gasteiger partial charge in [-0.25, -0.2) is 4.98 Å². The molecule has 6 nitrogen and oxygen atoms in total. The number of ether oxygens (including phenoxy) is 2. The number of imidazole rings is 1. The summed E-state index contributed by atoms with van der Waals surface area (Å²) in [5.74, 6) is 2.55. The first-order chi connectivity index (χ1) is 24.6. The lowest BCUT2D eigenvalue weighted by molar-refractivity contribution is -0.137. The molecule has 0 aliphatic heterocycles. The number of carboxylic acid groups (broad SMARTS) is 1. The van der Waals surface area contributed by atoms with Crippen LogP contribution in [0.1, 0.15) is 95.8 Å². The molecule has 3 atom stereocenters. The van der Waals surface area contributed by atoms with Crippen LogP contribution in [0.3, 0.4) is 0 Å². The maximum atomic E-state index is 11.0. The molecular weight excluding hydrogens is 633 g/mol. The monoisotopic (exact) mass is 684 g/mol. The maximum Gasteiger partial charge on any atom is 0.303 e. The van der Waals surface area contributed by atoms with Crippen molar-refractivity contribution in [1.29, 1.82) is 0 Å². The Labute approximate surface area is 302 Å². The second-order valence-corrected chi connectivity index (χ2v) is 15.6. The van der Waals surface area contributed by atoms with Crippen LogP contribution >= 0.6 is 0 Å². The molecule has 2 aliphatic carbocycles. The van der Waals surface area contributed by atoms with Gasteiger partial charge in [-0.3, -0.25) is 4.79 Å². The quantitative estimate of drug-likeness (QED) is 0.132. The number of aryl methyl sites for hydroxylation is 1. The molecule has 51 heavy (non-hydrogen) atoms. The average Bonchev–Trinajstić information content (AvgIpc) is 3.46. The van der Waals surface area contributed by atoms with Gasteiger partial charge in [-0.15, -0.1) is 0 Å². The van der Waals surface area contributed by atoms with Crippen LogP contribution < -0.4 is 9.47 Å². The lowest BCUT2D eigenvalue weighted by Gasteiger charge is -2.56. The maximum absolute atomic E-state index is 11.0. The lowest BCUT2D eigenvalue weighted by atomic mass is 9.49. The Morgan fingerprint density at radius 2 is 1.78 bits per heavy atom. The van der Waals surface area contributed by atoms with Crippen molar-refractivity contribution in [2.75, 3.05) is 13.2 Å². The highest BCUT2D eigenvalue weighted by molar-refractivity contribution is 5.86. The molecule has 1 aromatic heterocycles. The summed E-state index contributed by atoms with van der Waals surface area (Å²) in [4.78, 5) is 16.4. The summed E-state index contributed by atoms with van der Waals surface area (Å²) in [6, 6.07) is 30.5. The van der Waals surface area contributed by atoms with E-state index in [0.717, 1.165) is 46.7 Å². The Balaban J connectivity index is 1.31. The summed E-state index contributed by atoms with van der Waals surface area (Å²) in [6.07, 6.45) is 6.45. The van der Waals surface area contributed by atoms with Gasteiger partial charge < -0.3 is 19.1 Å². The largest absolute Gasteiger partial charge is 0.493 e. The van der Waals surface area contributed by atoms with Crippen LogP contribution in [0.2, 0.25) is 0 Å². The predicted octanol–water partition coefficient (Wildman–Crippen LogP) is 10.8. The zero-order chi connectivity index (χ0) is 35.8. The zero-order valence-electron chi connectivity index (χ0n) is 30.9. The van der Waals surface area contributed by atoms with Crippen LogP contribution in [0.25, 0.3) is 33.5 Å². The fraction of sp³-hybridized carbons (Fsp3) is 0.422. The summed E-state index contributed by atoms with van der Waals surface area (Å²) >= 11 is 0. The van der Waals surface area contributed by atoms with Gasteiger partial charge in [-0.05, 0) is 114 Å². The minimum Gasteiger partial charge on any atom is -0.493 e. The van der Waals surface area contributed by atoms with Crippen molar-refractivity contribution in [2.24, 2.45) is 11.3 Å². The SMILES string of the molecule is CCOc1cc(OCCCC(=O)O)ccc1-c1nc2cc(-c3ccccc3)ccc2n1C[C@]1(C)CCC[C@]2(C)c3ccc(C(C)C)cc3CC[C@@H]12. The predicted molar refractivity (Wildman–Crippen MR) is 206 cm³/mol. The van der Waals surface area contributed by atoms with Gasteiger partial charge in [0.2, 0.25) is 0 Å². The first-order valence-corrected chi connectivity index (χ1v) is 18.9. The highest BCUT2D eigenvalue weighted by Crippen LogP contribution is 2.58. The van der Waals surface area contributed by atoms with E-state index in [4.69, 9.17) is 19.6 Å². The molecule has 0 radical (unpaired) electrons. The number of aromatic nitrogens is 2. The van der Waals surface area contributed by atoms with Gasteiger partial charge in [0.05, 0.1) is 29.8 Å². The van der Waals surface area contributed by atoms with Gasteiger partial charge in [0.1, 0.15) is 17.3 Å². The van der Waals surface area contributed by atoms with Crippen molar-refractivity contribution < 1.29 is 19.4 Å². The third kappa shape index (κ3) is 6.78. The van der Waals surface area contributed by atoms with E-state index >= 15 is 0 Å². The van der Waals surface area contributed by atoms with Gasteiger partial charge in [-0.1, -0.05) is 88.7 Å². The number of hydrogen-bond acceptors (Lipinski definition) is 4. The van der Waals surface area contributed by atoms with E-state index in [0.29, 0.717) is 37.2 Å². The molecular formula is C45H52N2O4. The molecule has 1 fully saturated rings. The Morgan fingerprint density at radius 1 is 0.961 bits per heavy atom. The van der Waals surface area contributed by atoms with Gasteiger partial charge in [0.25, 0.3) is 0 Å². The minimum atomic E-state index is -0.817. The summed E-state index contributed by atoms with van der Waals surface area (Å²) in [7, 11) is 0. The summed E-state index contributed by atoms with van der Waals surface area (Å²) in [5.41, 5.74) is 10.1. The summed E-state index contributed by atoms with van der Waals surface area (Å²) in [6.45, 7) is 13.4. The van der Waals surface area contributed by atoms with E-state index in [1.54, 1.807) is 11.1 Å². The molecule has 0 saturated heterocycles. The lowest BCUT2D eigenvalue weighted by Crippen LogP contribution is -2.50. The fourth-order valence-electron chi connectivity index (χ4n) is 9.32. The number of carboxylic acids is 1. The molecule has 1 N–H and O–H groups in total. The van der Waals surface area contributed by atoms with E-state index in [1.165, 1.54) is 36.8 Å². The summed E-state index contributed by atoms with van der Waals surface area (Å²) in [5, 5.41) is 9.06. The van der Waals surface area contributed by atoms with Crippen molar-refractivity contribution in [1.82, 2.24) is 9.55 Å². The smallest absolute Gasteiger partial charge is 0.303 e. The van der Waals surface area contributed by atoms with Crippen LogP contribution in [0, 0.1) is 11.3 Å². The van der Waals surface area contributed by atoms with Gasteiger partial charge in [-0.2, -0.15) is 0 Å². The van der Waals surface area contributed by atoms with E-state index in [2.05, 4.69) is 105 Å². The summed E-state index contributed by atoms with van der Waals surface area (Å²) < 4.78 is 14.7. The molecule has 266 valence electrons. The van der Waals surface area contributed by atoms with Crippen LogP contribution in [0.5, 0.6) is 11.5 Å². The van der Waals surface area contributed by atoms with Crippen LogP contribution in [-0.2, 0) is 23.2 Å². The van der Waals surface area contributed by atoms with E-state index in [9.17, 15) is 4.79 Å². The standard InChI is InChI=1S/C45H52N2O4/c1-6-50-40-28-35(51-25-10-14-42(48)49)18-19-36(40)43-46-38-27-33(31-12-8-7-9-13-31)16-21-39(38)47(43)29-44(4)23-11-24-45(5)37-20-15-32(30(2)3)26-34(37)17-22-41(44)45/h7-9,12-13,15-16,18-21,26-28,30,41H,6,10-11,14,17,22-25,29H2,1-5H3,(H,48,49)/t41-,44-,45+/m0/s1. The van der Waals surface area contributed by atoms with Gasteiger partial charge in [0.15, 0.2) is 0 Å². The van der Waals surface area contributed by atoms with Gasteiger partial charge in [0, 0.05) is 19.0 Å². The molecule has 0 bridgehead atoms. The Hall–Kier alpha value is -4.58. The Bertz CT molecular complexity index is 2030. The number of aliphatic carboxylic acids is 1. The number of nitrogens with zero attached hydrogens (tertiary/aromatic N) is 2. The second-order valence-electron chi connectivity index (χ2n) is 15.6. The van der Waals surface area contributed by atoms with E-state index < -0.39 is 5.97 Å². The molecule has 0 spiro atoms. The highest BCUT2D eigenvalue weighted by Gasteiger charge is 2.52. The van der Waals surface area contributed by atoms with Crippen molar-refractivity contribution >= 4 is 17.0 Å². The molecule has 1 saturated carbocycles. The van der Waals surface area contributed by atoms with Crippen molar-refractivity contribution in [3.63, 3.8) is 0 Å². The molecule has 2 aliphatic rings. The number of fused-ring (bicyclic) bond motifs is 4. The second kappa shape index (κ2) is 14.2. The average molecular weight is 685 g/mol. The Kier molecular flexibility index (Phi) is 9.71. The van der Waals surface area contributed by atoms with E-state index in [-0.39, 0.29) is 17.3 Å². The first-order valence-electron chi connectivity index (χ1n) is 18.9. The highest BCUT2D eigenvalue weighted by atomic mass is 16.5. The molecule has 6 heteroatoms. The van der Waals surface area contributed by atoms with Crippen LogP contribution in [0.15, 0.2) is 84.9 Å². The number of carbonyl (C=O) groups is 1. The Morgan fingerprint density at radius 3 is 2.55 bits per heavy atom. The molecule has 7 rings (SSSR count). The molecule has 0 unspecified atom stereocenters. The normalized spacial score (nSPS) is 21.3. The zero-order valence-corrected chi connectivity index (χ0v) is 30.9. The third-order valence-corrected chi connectivity index (χ3v) is 11.8.